The lowest BCUT2D eigenvalue weighted by molar-refractivity contribution is 0.561. The van der Waals surface area contributed by atoms with Gasteiger partial charge in [0.1, 0.15) is 0 Å². The Balaban J connectivity index is 2.15. The van der Waals surface area contributed by atoms with Crippen molar-refractivity contribution < 1.29 is 0 Å². The molecule has 0 radical (unpaired) electrons. The predicted octanol–water partition coefficient (Wildman–Crippen LogP) is 5.51. The minimum absolute atomic E-state index is 0.0518. The molecule has 0 spiro atoms. The van der Waals surface area contributed by atoms with Crippen LogP contribution in [0.2, 0.25) is 5.02 Å². The van der Waals surface area contributed by atoms with Gasteiger partial charge >= 0.3 is 0 Å². The fraction of sp³-hybridized carbons (Fsp3) is 0.278. The lowest BCUT2D eigenvalue weighted by atomic mass is 9.95. The normalized spacial score (nSPS) is 12.4. The summed E-state index contributed by atoms with van der Waals surface area (Å²) < 4.78 is 0. The average molecular weight is 299 g/mol. The van der Waals surface area contributed by atoms with E-state index in [0.29, 0.717) is 0 Å². The van der Waals surface area contributed by atoms with E-state index in [1.54, 1.807) is 0 Å². The third-order valence-corrected chi connectivity index (χ3v) is 3.67. The maximum atomic E-state index is 5.91. The molecule has 108 valence electrons. The van der Waals surface area contributed by atoms with E-state index in [1.165, 1.54) is 0 Å². The van der Waals surface area contributed by atoms with Crippen LogP contribution in [0.3, 0.4) is 0 Å². The maximum absolute atomic E-state index is 5.91. The van der Waals surface area contributed by atoms with Gasteiger partial charge in [-0.15, -0.1) is 0 Å². The summed E-state index contributed by atoms with van der Waals surface area (Å²) in [4.78, 5) is 8.84. The molecule has 0 bridgehead atoms. The maximum Gasteiger partial charge on any atom is 0.0910 e. The zero-order valence-corrected chi connectivity index (χ0v) is 13.3. The molecule has 1 unspecified atom stereocenters. The van der Waals surface area contributed by atoms with Crippen LogP contribution in [-0.2, 0) is 5.54 Å². The Kier molecular flexibility index (Phi) is 4.95. The van der Waals surface area contributed by atoms with Crippen LogP contribution in [0.25, 0.3) is 0 Å². The van der Waals surface area contributed by atoms with Crippen LogP contribution >= 0.6 is 11.6 Å². The third kappa shape index (κ3) is 4.29. The first-order chi connectivity index (χ1) is 9.99. The van der Waals surface area contributed by atoms with Gasteiger partial charge in [0.05, 0.1) is 17.6 Å². The van der Waals surface area contributed by atoms with Gasteiger partial charge in [0.2, 0.25) is 0 Å². The van der Waals surface area contributed by atoms with Crippen molar-refractivity contribution in [3.63, 3.8) is 0 Å². The second kappa shape index (κ2) is 6.71. The molecule has 21 heavy (non-hydrogen) atoms. The molecule has 0 N–H and O–H groups in total. The SMILES string of the molecule is CC(N=C=NC(C)(C)c1ccc(Cl)cc1)c1ccccc1. The molecular weight excluding hydrogens is 280 g/mol. The van der Waals surface area contributed by atoms with Crippen molar-refractivity contribution in [3.8, 4) is 0 Å². The summed E-state index contributed by atoms with van der Waals surface area (Å²) in [5.74, 6) is 0. The van der Waals surface area contributed by atoms with Crippen molar-refractivity contribution in [1.29, 1.82) is 0 Å². The van der Waals surface area contributed by atoms with Crippen LogP contribution in [0.5, 0.6) is 0 Å². The summed E-state index contributed by atoms with van der Waals surface area (Å²) in [7, 11) is 0. The number of halogens is 1. The highest BCUT2D eigenvalue weighted by Gasteiger charge is 2.18. The van der Waals surface area contributed by atoms with E-state index in [4.69, 9.17) is 11.6 Å². The van der Waals surface area contributed by atoms with Crippen molar-refractivity contribution in [2.24, 2.45) is 9.98 Å². The summed E-state index contributed by atoms with van der Waals surface area (Å²) in [6.45, 7) is 6.10. The Morgan fingerprint density at radius 3 is 2.24 bits per heavy atom. The molecule has 0 amide bonds. The quantitative estimate of drug-likeness (QED) is 0.665. The van der Waals surface area contributed by atoms with Gasteiger partial charge < -0.3 is 0 Å². The van der Waals surface area contributed by atoms with E-state index < -0.39 is 0 Å². The number of rotatable bonds is 4. The summed E-state index contributed by atoms with van der Waals surface area (Å²) in [6, 6.07) is 20.7. The van der Waals surface area contributed by atoms with Crippen molar-refractivity contribution in [1.82, 2.24) is 0 Å². The van der Waals surface area contributed by atoms with Gasteiger partial charge in [-0.05, 0) is 44.0 Å². The molecule has 2 rings (SSSR count). The van der Waals surface area contributed by atoms with Gasteiger partial charge in [0.15, 0.2) is 0 Å². The molecule has 0 fully saturated rings. The number of benzene rings is 2. The van der Waals surface area contributed by atoms with Gasteiger partial charge in [-0.2, -0.15) is 0 Å². The average Bonchev–Trinajstić information content (AvgIpc) is 2.48. The predicted molar refractivity (Wildman–Crippen MR) is 89.2 cm³/mol. The molecule has 2 nitrogen and oxygen atoms in total. The van der Waals surface area contributed by atoms with E-state index in [0.717, 1.165) is 16.1 Å². The van der Waals surface area contributed by atoms with E-state index >= 15 is 0 Å². The standard InChI is InChI=1S/C18H19ClN2/c1-14(15-7-5-4-6-8-15)20-13-21-18(2,3)16-9-11-17(19)12-10-16/h4-12,14H,1-3H3. The minimum atomic E-state index is -0.371. The van der Waals surface area contributed by atoms with E-state index in [9.17, 15) is 0 Å². The second-order valence-electron chi connectivity index (χ2n) is 5.49. The third-order valence-electron chi connectivity index (χ3n) is 3.41. The Labute approximate surface area is 131 Å². The Morgan fingerprint density at radius 2 is 1.62 bits per heavy atom. The summed E-state index contributed by atoms with van der Waals surface area (Å²) in [5.41, 5.74) is 1.87. The monoisotopic (exact) mass is 298 g/mol. The molecule has 0 aliphatic heterocycles. The van der Waals surface area contributed by atoms with Crippen LogP contribution in [0.1, 0.15) is 37.9 Å². The first-order valence-electron chi connectivity index (χ1n) is 6.97. The lowest BCUT2D eigenvalue weighted by Gasteiger charge is -2.18. The van der Waals surface area contributed by atoms with Crippen molar-refractivity contribution in [2.45, 2.75) is 32.4 Å². The topological polar surface area (TPSA) is 24.7 Å². The molecule has 2 aromatic rings. The largest absolute Gasteiger partial charge is 0.218 e. The van der Waals surface area contributed by atoms with Gasteiger partial charge in [-0.3, -0.25) is 0 Å². The molecule has 2 aromatic carbocycles. The fourth-order valence-corrected chi connectivity index (χ4v) is 2.09. The number of nitrogens with zero attached hydrogens (tertiary/aromatic N) is 2. The molecule has 0 aliphatic rings. The van der Waals surface area contributed by atoms with Gasteiger partial charge in [0, 0.05) is 5.02 Å². The molecule has 0 saturated heterocycles. The Morgan fingerprint density at radius 1 is 1.00 bits per heavy atom. The van der Waals surface area contributed by atoms with Crippen molar-refractivity contribution >= 4 is 17.6 Å². The van der Waals surface area contributed by atoms with Gasteiger partial charge in [-0.1, -0.05) is 54.1 Å². The smallest absolute Gasteiger partial charge is 0.0910 e. The van der Waals surface area contributed by atoms with Crippen LogP contribution < -0.4 is 0 Å². The molecule has 1 atom stereocenters. The first kappa shape index (κ1) is 15.5. The summed E-state index contributed by atoms with van der Waals surface area (Å²) in [5, 5.41) is 0.727. The zero-order chi connectivity index (χ0) is 15.3. The van der Waals surface area contributed by atoms with E-state index in [1.807, 2.05) is 63.2 Å². The molecular formula is C18H19ClN2. The van der Waals surface area contributed by atoms with Gasteiger partial charge in [0.25, 0.3) is 0 Å². The Bertz CT molecular complexity index is 639. The second-order valence-corrected chi connectivity index (χ2v) is 5.93. The van der Waals surface area contributed by atoms with Gasteiger partial charge in [-0.25, -0.2) is 9.98 Å². The van der Waals surface area contributed by atoms with Crippen LogP contribution in [0.4, 0.5) is 0 Å². The number of hydrogen-bond acceptors (Lipinski definition) is 2. The molecule has 0 saturated carbocycles. The number of aliphatic imine (C=N–C) groups is 2. The minimum Gasteiger partial charge on any atom is -0.218 e. The Hall–Kier alpha value is -1.89. The fourth-order valence-electron chi connectivity index (χ4n) is 1.97. The zero-order valence-electron chi connectivity index (χ0n) is 12.5. The van der Waals surface area contributed by atoms with Crippen LogP contribution in [0, 0.1) is 0 Å². The first-order valence-corrected chi connectivity index (χ1v) is 7.34. The van der Waals surface area contributed by atoms with E-state index in [-0.39, 0.29) is 11.6 Å². The molecule has 0 aromatic heterocycles. The molecule has 0 heterocycles. The van der Waals surface area contributed by atoms with Crippen LogP contribution in [-0.4, -0.2) is 6.01 Å². The summed E-state index contributed by atoms with van der Waals surface area (Å²) in [6.07, 6.45) is 0. The summed E-state index contributed by atoms with van der Waals surface area (Å²) >= 11 is 5.91. The highest BCUT2D eigenvalue weighted by molar-refractivity contribution is 6.30. The highest BCUT2D eigenvalue weighted by atomic mass is 35.5. The van der Waals surface area contributed by atoms with E-state index in [2.05, 4.69) is 28.1 Å². The van der Waals surface area contributed by atoms with Crippen molar-refractivity contribution in [3.05, 3.63) is 70.7 Å². The highest BCUT2D eigenvalue weighted by Crippen LogP contribution is 2.25. The number of hydrogen-bond donors (Lipinski definition) is 0. The van der Waals surface area contributed by atoms with Crippen molar-refractivity contribution in [2.75, 3.05) is 0 Å². The molecule has 3 heteroatoms. The lowest BCUT2D eigenvalue weighted by Crippen LogP contribution is -2.13. The van der Waals surface area contributed by atoms with Crippen LogP contribution in [0.15, 0.2) is 64.6 Å². The molecule has 0 aliphatic carbocycles.